The van der Waals surface area contributed by atoms with Gasteiger partial charge in [-0.2, -0.15) is 8.78 Å². The number of benzene rings is 1. The van der Waals surface area contributed by atoms with Crippen LogP contribution < -0.4 is 10.1 Å². The van der Waals surface area contributed by atoms with E-state index >= 15 is 0 Å². The highest BCUT2D eigenvalue weighted by Crippen LogP contribution is 2.24. The number of halogens is 3. The molecule has 0 saturated heterocycles. The summed E-state index contributed by atoms with van der Waals surface area (Å²) in [6.07, 6.45) is 0. The van der Waals surface area contributed by atoms with Crippen LogP contribution in [0.4, 0.5) is 8.78 Å². The quantitative estimate of drug-likeness (QED) is 0.873. The Bertz CT molecular complexity index is 680. The first-order valence-corrected chi connectivity index (χ1v) is 7.20. The number of carbonyl (C=O) groups is 1. The Morgan fingerprint density at radius 1 is 1.36 bits per heavy atom. The number of hydrogen-bond donors (Lipinski definition) is 1. The van der Waals surface area contributed by atoms with E-state index in [1.165, 1.54) is 6.07 Å². The molecule has 0 saturated carbocycles. The van der Waals surface area contributed by atoms with Crippen molar-refractivity contribution in [3.8, 4) is 5.75 Å². The maximum atomic E-state index is 12.4. The minimum Gasteiger partial charge on any atom is -0.434 e. The van der Waals surface area contributed by atoms with Crippen molar-refractivity contribution < 1.29 is 18.3 Å². The van der Waals surface area contributed by atoms with E-state index in [0.717, 1.165) is 5.69 Å². The molecule has 0 unspecified atom stereocenters. The van der Waals surface area contributed by atoms with Gasteiger partial charge in [-0.3, -0.25) is 4.79 Å². The fourth-order valence-electron chi connectivity index (χ4n) is 1.83. The van der Waals surface area contributed by atoms with E-state index in [4.69, 9.17) is 0 Å². The van der Waals surface area contributed by atoms with Crippen LogP contribution >= 0.6 is 15.9 Å². The van der Waals surface area contributed by atoms with Crippen molar-refractivity contribution in [2.75, 3.05) is 0 Å². The Kier molecular flexibility index (Phi) is 5.43. The van der Waals surface area contributed by atoms with Crippen LogP contribution in [0, 0.1) is 6.92 Å². The summed E-state index contributed by atoms with van der Waals surface area (Å²) in [7, 11) is 0. The highest BCUT2D eigenvalue weighted by Gasteiger charge is 2.12. The van der Waals surface area contributed by atoms with Gasteiger partial charge in [0, 0.05) is 22.3 Å². The first kappa shape index (κ1) is 16.4. The smallest absolute Gasteiger partial charge is 0.387 e. The van der Waals surface area contributed by atoms with Crippen molar-refractivity contribution >= 4 is 21.8 Å². The predicted octanol–water partition coefficient (Wildman–Crippen LogP) is 3.68. The summed E-state index contributed by atoms with van der Waals surface area (Å²) in [6.45, 7) is -1.09. The number of rotatable bonds is 5. The molecule has 0 radical (unpaired) electrons. The van der Waals surface area contributed by atoms with Crippen molar-refractivity contribution in [3.63, 3.8) is 0 Å². The van der Waals surface area contributed by atoms with E-state index in [1.54, 1.807) is 37.3 Å². The van der Waals surface area contributed by atoms with Crippen LogP contribution in [0.2, 0.25) is 0 Å². The molecule has 0 atom stereocenters. The van der Waals surface area contributed by atoms with Gasteiger partial charge in [-0.25, -0.2) is 4.98 Å². The molecule has 7 heteroatoms. The molecule has 116 valence electrons. The van der Waals surface area contributed by atoms with Crippen LogP contribution in [0.3, 0.4) is 0 Å². The van der Waals surface area contributed by atoms with E-state index in [1.807, 2.05) is 0 Å². The van der Waals surface area contributed by atoms with E-state index in [0.29, 0.717) is 10.0 Å². The number of pyridine rings is 1. The van der Waals surface area contributed by atoms with Gasteiger partial charge in [0.15, 0.2) is 0 Å². The second kappa shape index (κ2) is 7.31. The van der Waals surface area contributed by atoms with Crippen molar-refractivity contribution in [1.82, 2.24) is 10.3 Å². The minimum absolute atomic E-state index is 0.0238. The molecule has 1 N–H and O–H groups in total. The van der Waals surface area contributed by atoms with Gasteiger partial charge in [0.25, 0.3) is 5.91 Å². The van der Waals surface area contributed by atoms with Crippen molar-refractivity contribution in [1.29, 1.82) is 0 Å². The van der Waals surface area contributed by atoms with E-state index in [9.17, 15) is 13.6 Å². The Labute approximate surface area is 134 Å². The number of hydrogen-bond acceptors (Lipinski definition) is 3. The van der Waals surface area contributed by atoms with Crippen LogP contribution in [0.15, 0.2) is 40.9 Å². The number of nitrogens with zero attached hydrogens (tertiary/aromatic N) is 1. The molecule has 22 heavy (non-hydrogen) atoms. The van der Waals surface area contributed by atoms with E-state index in [-0.39, 0.29) is 23.9 Å². The third kappa shape index (κ3) is 4.49. The first-order chi connectivity index (χ1) is 10.5. The Morgan fingerprint density at radius 2 is 2.14 bits per heavy atom. The van der Waals surface area contributed by atoms with Gasteiger partial charge < -0.3 is 10.1 Å². The summed E-state index contributed by atoms with van der Waals surface area (Å²) in [5, 5.41) is 2.64. The van der Waals surface area contributed by atoms with Gasteiger partial charge in [-0.05, 0) is 37.3 Å². The lowest BCUT2D eigenvalue weighted by molar-refractivity contribution is -0.0504. The van der Waals surface area contributed by atoms with Gasteiger partial charge in [0.2, 0.25) is 0 Å². The number of alkyl halides is 2. The summed E-state index contributed by atoms with van der Waals surface area (Å²) in [5.41, 5.74) is 1.43. The predicted molar refractivity (Wildman–Crippen MR) is 80.9 cm³/mol. The van der Waals surface area contributed by atoms with E-state index in [2.05, 4.69) is 31.0 Å². The maximum Gasteiger partial charge on any atom is 0.387 e. The molecule has 4 nitrogen and oxygen atoms in total. The Hall–Kier alpha value is -2.02. The van der Waals surface area contributed by atoms with Crippen LogP contribution in [-0.4, -0.2) is 17.5 Å². The van der Waals surface area contributed by atoms with Gasteiger partial charge in [0.05, 0.1) is 0 Å². The number of carbonyl (C=O) groups excluding carboxylic acids is 1. The van der Waals surface area contributed by atoms with Crippen LogP contribution in [-0.2, 0) is 6.54 Å². The summed E-state index contributed by atoms with van der Waals surface area (Å²) < 4.78 is 29.9. The fraction of sp³-hybridized carbons (Fsp3) is 0.200. The summed E-state index contributed by atoms with van der Waals surface area (Å²) in [6, 6.07) is 9.70. The fourth-order valence-corrected chi connectivity index (χ4v) is 2.24. The molecule has 0 aliphatic heterocycles. The molecule has 2 aromatic rings. The normalized spacial score (nSPS) is 10.6. The Balaban J connectivity index is 2.10. The third-order valence-corrected chi connectivity index (χ3v) is 3.29. The number of aromatic nitrogens is 1. The zero-order valence-corrected chi connectivity index (χ0v) is 13.2. The lowest BCUT2D eigenvalue weighted by Crippen LogP contribution is -2.24. The molecule has 0 aliphatic carbocycles. The number of ether oxygens (including phenoxy) is 1. The van der Waals surface area contributed by atoms with Gasteiger partial charge in [-0.15, -0.1) is 0 Å². The maximum absolute atomic E-state index is 12.4. The topological polar surface area (TPSA) is 51.2 Å². The molecular formula is C15H13BrF2N2O2. The lowest BCUT2D eigenvalue weighted by Gasteiger charge is -2.12. The third-order valence-electron chi connectivity index (χ3n) is 2.80. The Morgan fingerprint density at radius 3 is 2.82 bits per heavy atom. The molecule has 0 spiro atoms. The van der Waals surface area contributed by atoms with Crippen molar-refractivity contribution in [2.24, 2.45) is 0 Å². The van der Waals surface area contributed by atoms with Crippen molar-refractivity contribution in [3.05, 3.63) is 57.8 Å². The highest BCUT2D eigenvalue weighted by molar-refractivity contribution is 9.10. The molecule has 1 aromatic carbocycles. The molecule has 1 heterocycles. The molecule has 1 amide bonds. The summed E-state index contributed by atoms with van der Waals surface area (Å²) in [5.74, 6) is -0.359. The number of aryl methyl sites for hydroxylation is 1. The average molecular weight is 371 g/mol. The molecular weight excluding hydrogens is 358 g/mol. The van der Waals surface area contributed by atoms with Crippen LogP contribution in [0.25, 0.3) is 0 Å². The molecule has 0 fully saturated rings. The minimum atomic E-state index is -2.92. The second-order valence-electron chi connectivity index (χ2n) is 4.48. The zero-order chi connectivity index (χ0) is 16.1. The van der Waals surface area contributed by atoms with Gasteiger partial charge >= 0.3 is 6.61 Å². The SMILES string of the molecule is Cc1cccc(C(=O)NCc2cc(Br)ccc2OC(F)F)n1. The standard InChI is InChI=1S/C15H13BrF2N2O2/c1-9-3-2-4-12(20-9)14(21)19-8-10-7-11(16)5-6-13(10)22-15(17)18/h2-7,15H,8H2,1H3,(H,19,21). The van der Waals surface area contributed by atoms with Gasteiger partial charge in [-0.1, -0.05) is 22.0 Å². The molecule has 0 bridgehead atoms. The van der Waals surface area contributed by atoms with Crippen LogP contribution in [0.1, 0.15) is 21.7 Å². The van der Waals surface area contributed by atoms with Crippen molar-refractivity contribution in [2.45, 2.75) is 20.1 Å². The summed E-state index contributed by atoms with van der Waals surface area (Å²) >= 11 is 3.26. The number of amides is 1. The largest absolute Gasteiger partial charge is 0.434 e. The molecule has 1 aromatic heterocycles. The second-order valence-corrected chi connectivity index (χ2v) is 5.39. The lowest BCUT2D eigenvalue weighted by atomic mass is 10.2. The zero-order valence-electron chi connectivity index (χ0n) is 11.6. The van der Waals surface area contributed by atoms with E-state index < -0.39 is 6.61 Å². The molecule has 0 aliphatic rings. The average Bonchev–Trinajstić information content (AvgIpc) is 2.46. The van der Waals surface area contributed by atoms with Gasteiger partial charge in [0.1, 0.15) is 11.4 Å². The first-order valence-electron chi connectivity index (χ1n) is 6.41. The summed E-state index contributed by atoms with van der Waals surface area (Å²) in [4.78, 5) is 16.1. The molecule has 2 rings (SSSR count). The number of nitrogens with one attached hydrogen (secondary N) is 1. The monoisotopic (exact) mass is 370 g/mol. The highest BCUT2D eigenvalue weighted by atomic mass is 79.9. The van der Waals surface area contributed by atoms with Crippen LogP contribution in [0.5, 0.6) is 5.75 Å².